The highest BCUT2D eigenvalue weighted by atomic mass is 32.2. The van der Waals surface area contributed by atoms with Gasteiger partial charge in [0.05, 0.1) is 12.9 Å². The van der Waals surface area contributed by atoms with Crippen LogP contribution in [0.1, 0.15) is 5.56 Å². The van der Waals surface area contributed by atoms with Crippen LogP contribution in [0.25, 0.3) is 0 Å². The molecule has 0 saturated heterocycles. The summed E-state index contributed by atoms with van der Waals surface area (Å²) in [6, 6.07) is 13.4. The minimum absolute atomic E-state index is 0.110. The lowest BCUT2D eigenvalue weighted by molar-refractivity contribution is -0.113. The Morgan fingerprint density at radius 2 is 1.90 bits per heavy atom. The van der Waals surface area contributed by atoms with Crippen LogP contribution in [0.4, 0.5) is 10.1 Å². The van der Waals surface area contributed by atoms with Crippen LogP contribution in [0.15, 0.2) is 48.5 Å². The number of nitrogens with one attached hydrogen (secondary N) is 1. The molecule has 0 aliphatic carbocycles. The molecule has 1 N–H and O–H groups in total. The molecule has 2 aromatic rings. The Morgan fingerprint density at radius 1 is 1.19 bits per heavy atom. The van der Waals surface area contributed by atoms with Crippen molar-refractivity contribution >= 4 is 23.4 Å². The van der Waals surface area contributed by atoms with Gasteiger partial charge in [0.25, 0.3) is 0 Å². The van der Waals surface area contributed by atoms with Crippen molar-refractivity contribution in [2.45, 2.75) is 5.75 Å². The summed E-state index contributed by atoms with van der Waals surface area (Å²) in [5.41, 5.74) is 1.65. The van der Waals surface area contributed by atoms with E-state index in [0.717, 1.165) is 11.3 Å². The van der Waals surface area contributed by atoms with E-state index in [4.69, 9.17) is 4.74 Å². The molecule has 0 bridgehead atoms. The monoisotopic (exact) mass is 305 g/mol. The molecule has 1 amide bonds. The van der Waals surface area contributed by atoms with Crippen molar-refractivity contribution in [3.63, 3.8) is 0 Å². The van der Waals surface area contributed by atoms with Crippen molar-refractivity contribution in [1.29, 1.82) is 0 Å². The van der Waals surface area contributed by atoms with E-state index < -0.39 is 0 Å². The minimum atomic E-state index is -0.321. The van der Waals surface area contributed by atoms with Crippen LogP contribution in [0.3, 0.4) is 0 Å². The molecule has 0 aromatic heterocycles. The molecule has 0 radical (unpaired) electrons. The number of benzene rings is 2. The van der Waals surface area contributed by atoms with Gasteiger partial charge in [-0.05, 0) is 30.3 Å². The first kappa shape index (κ1) is 15.4. The SMILES string of the molecule is COc1ccccc1CSCC(=O)Nc1ccc(F)cc1. The van der Waals surface area contributed by atoms with E-state index in [9.17, 15) is 9.18 Å². The second-order valence-electron chi connectivity index (χ2n) is 4.36. The predicted octanol–water partition coefficient (Wildman–Crippen LogP) is 3.71. The lowest BCUT2D eigenvalue weighted by atomic mass is 10.2. The Balaban J connectivity index is 1.80. The quantitative estimate of drug-likeness (QED) is 0.884. The number of anilines is 1. The molecule has 0 unspecified atom stereocenters. The van der Waals surface area contributed by atoms with E-state index in [-0.39, 0.29) is 11.7 Å². The highest BCUT2D eigenvalue weighted by Crippen LogP contribution is 2.22. The molecule has 21 heavy (non-hydrogen) atoms. The van der Waals surface area contributed by atoms with Crippen LogP contribution in [0.2, 0.25) is 0 Å². The number of amides is 1. The molecular weight excluding hydrogens is 289 g/mol. The number of methoxy groups -OCH3 is 1. The third-order valence-corrected chi connectivity index (χ3v) is 3.79. The maximum absolute atomic E-state index is 12.8. The molecule has 0 heterocycles. The Hall–Kier alpha value is -2.01. The van der Waals surface area contributed by atoms with E-state index >= 15 is 0 Å². The average molecular weight is 305 g/mol. The topological polar surface area (TPSA) is 38.3 Å². The molecule has 5 heteroatoms. The van der Waals surface area contributed by atoms with E-state index in [1.54, 1.807) is 7.11 Å². The number of ether oxygens (including phenoxy) is 1. The number of hydrogen-bond donors (Lipinski definition) is 1. The molecule has 2 rings (SSSR count). The first-order valence-corrected chi connectivity index (χ1v) is 7.59. The Kier molecular flexibility index (Phi) is 5.63. The average Bonchev–Trinajstić information content (AvgIpc) is 2.50. The van der Waals surface area contributed by atoms with Gasteiger partial charge in [0.15, 0.2) is 0 Å². The molecule has 0 aliphatic heterocycles. The maximum atomic E-state index is 12.8. The van der Waals surface area contributed by atoms with Crippen LogP contribution >= 0.6 is 11.8 Å². The van der Waals surface area contributed by atoms with Gasteiger partial charge in [-0.3, -0.25) is 4.79 Å². The van der Waals surface area contributed by atoms with Crippen molar-refractivity contribution in [3.05, 3.63) is 59.9 Å². The molecule has 2 aromatic carbocycles. The van der Waals surface area contributed by atoms with Gasteiger partial charge in [-0.15, -0.1) is 11.8 Å². The van der Waals surface area contributed by atoms with Crippen molar-refractivity contribution in [3.8, 4) is 5.75 Å². The summed E-state index contributed by atoms with van der Waals surface area (Å²) in [5.74, 6) is 1.42. The highest BCUT2D eigenvalue weighted by Gasteiger charge is 2.05. The summed E-state index contributed by atoms with van der Waals surface area (Å²) in [5, 5.41) is 2.73. The van der Waals surface area contributed by atoms with E-state index in [1.165, 1.54) is 36.0 Å². The zero-order valence-corrected chi connectivity index (χ0v) is 12.5. The van der Waals surface area contributed by atoms with Gasteiger partial charge in [0, 0.05) is 17.0 Å². The standard InChI is InChI=1S/C16H16FNO2S/c1-20-15-5-3-2-4-12(15)10-21-11-16(19)18-14-8-6-13(17)7-9-14/h2-9H,10-11H2,1H3,(H,18,19). The van der Waals surface area contributed by atoms with Gasteiger partial charge >= 0.3 is 0 Å². The van der Waals surface area contributed by atoms with E-state index in [0.29, 0.717) is 17.2 Å². The van der Waals surface area contributed by atoms with Crippen LogP contribution in [-0.4, -0.2) is 18.8 Å². The van der Waals surface area contributed by atoms with Gasteiger partial charge in [0.1, 0.15) is 11.6 Å². The first-order valence-electron chi connectivity index (χ1n) is 6.44. The van der Waals surface area contributed by atoms with Gasteiger partial charge in [0.2, 0.25) is 5.91 Å². The zero-order valence-electron chi connectivity index (χ0n) is 11.6. The molecule has 0 atom stereocenters. The van der Waals surface area contributed by atoms with Crippen molar-refractivity contribution < 1.29 is 13.9 Å². The number of halogens is 1. The number of carbonyl (C=O) groups is 1. The van der Waals surface area contributed by atoms with Gasteiger partial charge in [-0.2, -0.15) is 0 Å². The van der Waals surface area contributed by atoms with Crippen molar-refractivity contribution in [2.75, 3.05) is 18.2 Å². The van der Waals surface area contributed by atoms with Gasteiger partial charge in [-0.25, -0.2) is 4.39 Å². The first-order chi connectivity index (χ1) is 10.2. The fourth-order valence-corrected chi connectivity index (χ4v) is 2.62. The largest absolute Gasteiger partial charge is 0.496 e. The van der Waals surface area contributed by atoms with E-state index in [1.807, 2.05) is 24.3 Å². The van der Waals surface area contributed by atoms with Crippen LogP contribution in [0, 0.1) is 5.82 Å². The zero-order chi connectivity index (χ0) is 15.1. The summed E-state index contributed by atoms with van der Waals surface area (Å²) in [7, 11) is 1.63. The van der Waals surface area contributed by atoms with Crippen LogP contribution in [0.5, 0.6) is 5.75 Å². The number of para-hydroxylation sites is 1. The number of hydrogen-bond acceptors (Lipinski definition) is 3. The molecule has 0 saturated carbocycles. The lowest BCUT2D eigenvalue weighted by Gasteiger charge is -2.08. The molecule has 0 fully saturated rings. The number of rotatable bonds is 6. The highest BCUT2D eigenvalue weighted by molar-refractivity contribution is 7.99. The number of carbonyl (C=O) groups excluding carboxylic acids is 1. The summed E-state index contributed by atoms with van der Waals surface area (Å²) < 4.78 is 18.0. The van der Waals surface area contributed by atoms with Crippen molar-refractivity contribution in [1.82, 2.24) is 0 Å². The minimum Gasteiger partial charge on any atom is -0.496 e. The molecule has 110 valence electrons. The molecule has 0 aliphatic rings. The Morgan fingerprint density at radius 3 is 2.62 bits per heavy atom. The third-order valence-electron chi connectivity index (χ3n) is 2.81. The smallest absolute Gasteiger partial charge is 0.234 e. The third kappa shape index (κ3) is 4.79. The molecule has 0 spiro atoms. The summed E-state index contributed by atoms with van der Waals surface area (Å²) >= 11 is 1.50. The summed E-state index contributed by atoms with van der Waals surface area (Å²) in [6.45, 7) is 0. The fraction of sp³-hybridized carbons (Fsp3) is 0.188. The maximum Gasteiger partial charge on any atom is 0.234 e. The molecular formula is C16H16FNO2S. The summed E-state index contributed by atoms with van der Waals surface area (Å²) in [4.78, 5) is 11.8. The van der Waals surface area contributed by atoms with Gasteiger partial charge in [-0.1, -0.05) is 18.2 Å². The normalized spacial score (nSPS) is 10.2. The fourth-order valence-electron chi connectivity index (χ4n) is 1.81. The predicted molar refractivity (Wildman–Crippen MR) is 84.2 cm³/mol. The van der Waals surface area contributed by atoms with E-state index in [2.05, 4.69) is 5.32 Å². The van der Waals surface area contributed by atoms with Crippen LogP contribution < -0.4 is 10.1 Å². The van der Waals surface area contributed by atoms with Crippen LogP contribution in [-0.2, 0) is 10.5 Å². The Labute approximate surface area is 127 Å². The second kappa shape index (κ2) is 7.69. The second-order valence-corrected chi connectivity index (χ2v) is 5.35. The van der Waals surface area contributed by atoms with Gasteiger partial charge < -0.3 is 10.1 Å². The molecule has 3 nitrogen and oxygen atoms in total. The number of thioether (sulfide) groups is 1. The van der Waals surface area contributed by atoms with Crippen molar-refractivity contribution in [2.24, 2.45) is 0 Å². The summed E-state index contributed by atoms with van der Waals surface area (Å²) in [6.07, 6.45) is 0. The Bertz CT molecular complexity index is 601. The lowest BCUT2D eigenvalue weighted by Crippen LogP contribution is -2.14.